The summed E-state index contributed by atoms with van der Waals surface area (Å²) in [6.07, 6.45) is 1.99. The number of aryl methyl sites for hydroxylation is 1. The first-order chi connectivity index (χ1) is 12.6. The Bertz CT molecular complexity index is 786. The molecule has 0 spiro atoms. The van der Waals surface area contributed by atoms with Crippen LogP contribution in [0.25, 0.3) is 0 Å². The topological polar surface area (TPSA) is 61.4 Å². The standard InChI is InChI=1S/C21H25N3O2/c1-15-8-10-19(11-9-15)23-20(25)17-6-3-5-16(13-17)18-7-4-12-24(14-18)21(26)22-2/h3,5-6,8-11,13,18H,4,7,12,14H2,1-2H3,(H,22,26)(H,23,25). The van der Waals surface area contributed by atoms with Crippen molar-refractivity contribution in [2.75, 3.05) is 25.5 Å². The lowest BCUT2D eigenvalue weighted by Crippen LogP contribution is -2.43. The number of hydrogen-bond acceptors (Lipinski definition) is 2. The highest BCUT2D eigenvalue weighted by atomic mass is 16.2. The molecule has 5 nitrogen and oxygen atoms in total. The minimum Gasteiger partial charge on any atom is -0.341 e. The van der Waals surface area contributed by atoms with Crippen LogP contribution in [0.4, 0.5) is 10.5 Å². The maximum Gasteiger partial charge on any atom is 0.317 e. The van der Waals surface area contributed by atoms with Crippen molar-refractivity contribution in [2.45, 2.75) is 25.7 Å². The van der Waals surface area contributed by atoms with Crippen LogP contribution < -0.4 is 10.6 Å². The van der Waals surface area contributed by atoms with Crippen LogP contribution >= 0.6 is 0 Å². The van der Waals surface area contributed by atoms with Gasteiger partial charge in [-0.1, -0.05) is 29.8 Å². The third kappa shape index (κ3) is 4.23. The van der Waals surface area contributed by atoms with Gasteiger partial charge in [-0.2, -0.15) is 0 Å². The minimum absolute atomic E-state index is 0.0389. The molecular formula is C21H25N3O2. The molecule has 0 aromatic heterocycles. The fraction of sp³-hybridized carbons (Fsp3) is 0.333. The van der Waals surface area contributed by atoms with Crippen molar-refractivity contribution in [3.8, 4) is 0 Å². The first kappa shape index (κ1) is 18.0. The Morgan fingerprint density at radius 1 is 1.12 bits per heavy atom. The molecule has 2 aromatic rings. The summed E-state index contributed by atoms with van der Waals surface area (Å²) in [4.78, 5) is 26.3. The molecule has 1 saturated heterocycles. The van der Waals surface area contributed by atoms with Gasteiger partial charge in [0.15, 0.2) is 0 Å². The minimum atomic E-state index is -0.116. The summed E-state index contributed by atoms with van der Waals surface area (Å²) in [5.74, 6) is 0.142. The number of urea groups is 1. The third-order valence-electron chi connectivity index (χ3n) is 4.85. The summed E-state index contributed by atoms with van der Waals surface area (Å²) >= 11 is 0. The van der Waals surface area contributed by atoms with Crippen LogP contribution in [0.15, 0.2) is 48.5 Å². The number of hydrogen-bond donors (Lipinski definition) is 2. The fourth-order valence-corrected chi connectivity index (χ4v) is 3.37. The lowest BCUT2D eigenvalue weighted by molar-refractivity contribution is 0.102. The van der Waals surface area contributed by atoms with Crippen molar-refractivity contribution < 1.29 is 9.59 Å². The van der Waals surface area contributed by atoms with Crippen LogP contribution in [-0.2, 0) is 0 Å². The maximum atomic E-state index is 12.6. The van der Waals surface area contributed by atoms with E-state index < -0.39 is 0 Å². The molecule has 3 amide bonds. The zero-order valence-electron chi connectivity index (χ0n) is 15.3. The van der Waals surface area contributed by atoms with Crippen molar-refractivity contribution in [3.05, 3.63) is 65.2 Å². The Balaban J connectivity index is 1.72. The first-order valence-corrected chi connectivity index (χ1v) is 9.01. The number of rotatable bonds is 3. The number of carbonyl (C=O) groups is 2. The Labute approximate surface area is 154 Å². The van der Waals surface area contributed by atoms with Gasteiger partial charge in [0.1, 0.15) is 0 Å². The van der Waals surface area contributed by atoms with Gasteiger partial charge in [-0.25, -0.2) is 4.79 Å². The molecular weight excluding hydrogens is 326 g/mol. The van der Waals surface area contributed by atoms with Crippen molar-refractivity contribution in [1.82, 2.24) is 10.2 Å². The average Bonchev–Trinajstić information content (AvgIpc) is 2.69. The number of likely N-dealkylation sites (tertiary alicyclic amines) is 1. The van der Waals surface area contributed by atoms with E-state index in [-0.39, 0.29) is 17.9 Å². The van der Waals surface area contributed by atoms with Crippen LogP contribution in [0.5, 0.6) is 0 Å². The van der Waals surface area contributed by atoms with Crippen LogP contribution in [0.1, 0.15) is 40.2 Å². The number of piperidine rings is 1. The SMILES string of the molecule is CNC(=O)N1CCCC(c2cccc(C(=O)Nc3ccc(C)cc3)c2)C1. The smallest absolute Gasteiger partial charge is 0.317 e. The van der Waals surface area contributed by atoms with E-state index in [0.717, 1.165) is 36.2 Å². The van der Waals surface area contributed by atoms with Crippen LogP contribution in [-0.4, -0.2) is 37.0 Å². The van der Waals surface area contributed by atoms with E-state index in [9.17, 15) is 9.59 Å². The number of amides is 3. The van der Waals surface area contributed by atoms with E-state index in [1.54, 1.807) is 7.05 Å². The van der Waals surface area contributed by atoms with E-state index in [1.165, 1.54) is 0 Å². The van der Waals surface area contributed by atoms with Gasteiger partial charge < -0.3 is 15.5 Å². The number of nitrogens with one attached hydrogen (secondary N) is 2. The van der Waals surface area contributed by atoms with Gasteiger partial charge in [0.2, 0.25) is 0 Å². The second-order valence-corrected chi connectivity index (χ2v) is 6.79. The molecule has 2 N–H and O–H groups in total. The molecule has 0 bridgehead atoms. The molecule has 1 atom stereocenters. The van der Waals surface area contributed by atoms with Crippen molar-refractivity contribution in [1.29, 1.82) is 0 Å². The molecule has 1 fully saturated rings. The Hall–Kier alpha value is -2.82. The van der Waals surface area contributed by atoms with Gasteiger partial charge in [0.25, 0.3) is 5.91 Å². The van der Waals surface area contributed by atoms with E-state index in [1.807, 2.05) is 60.4 Å². The van der Waals surface area contributed by atoms with Gasteiger partial charge in [-0.05, 0) is 49.6 Å². The van der Waals surface area contributed by atoms with Crippen molar-refractivity contribution >= 4 is 17.6 Å². The molecule has 0 aliphatic carbocycles. The number of nitrogens with zero attached hydrogens (tertiary/aromatic N) is 1. The van der Waals surface area contributed by atoms with Gasteiger partial charge in [-0.3, -0.25) is 4.79 Å². The van der Waals surface area contributed by atoms with Crippen molar-refractivity contribution in [2.24, 2.45) is 0 Å². The Morgan fingerprint density at radius 3 is 2.62 bits per heavy atom. The van der Waals surface area contributed by atoms with Gasteiger partial charge in [-0.15, -0.1) is 0 Å². The Morgan fingerprint density at radius 2 is 1.88 bits per heavy atom. The van der Waals surface area contributed by atoms with E-state index in [0.29, 0.717) is 12.1 Å². The first-order valence-electron chi connectivity index (χ1n) is 9.01. The lowest BCUT2D eigenvalue weighted by atomic mass is 9.89. The molecule has 1 unspecified atom stereocenters. The highest BCUT2D eigenvalue weighted by molar-refractivity contribution is 6.04. The highest BCUT2D eigenvalue weighted by Crippen LogP contribution is 2.27. The number of benzene rings is 2. The van der Waals surface area contributed by atoms with E-state index in [2.05, 4.69) is 10.6 Å². The molecule has 0 saturated carbocycles. The summed E-state index contributed by atoms with van der Waals surface area (Å²) in [7, 11) is 1.65. The summed E-state index contributed by atoms with van der Waals surface area (Å²) in [6.45, 7) is 3.48. The van der Waals surface area contributed by atoms with Gasteiger partial charge >= 0.3 is 6.03 Å². The average molecular weight is 351 g/mol. The van der Waals surface area contributed by atoms with Crippen LogP contribution in [0.2, 0.25) is 0 Å². The fourth-order valence-electron chi connectivity index (χ4n) is 3.37. The Kier molecular flexibility index (Phi) is 5.56. The molecule has 2 aromatic carbocycles. The maximum absolute atomic E-state index is 12.6. The monoisotopic (exact) mass is 351 g/mol. The normalized spacial score (nSPS) is 16.8. The van der Waals surface area contributed by atoms with Gasteiger partial charge in [0.05, 0.1) is 0 Å². The molecule has 0 radical (unpaired) electrons. The number of anilines is 1. The molecule has 1 heterocycles. The second kappa shape index (κ2) is 8.04. The van der Waals surface area contributed by atoms with Crippen LogP contribution in [0, 0.1) is 6.92 Å². The largest absolute Gasteiger partial charge is 0.341 e. The summed E-state index contributed by atoms with van der Waals surface area (Å²) < 4.78 is 0. The number of carbonyl (C=O) groups excluding carboxylic acids is 2. The van der Waals surface area contributed by atoms with E-state index in [4.69, 9.17) is 0 Å². The molecule has 136 valence electrons. The predicted octanol–water partition coefficient (Wildman–Crippen LogP) is 3.77. The predicted molar refractivity (Wildman–Crippen MR) is 104 cm³/mol. The second-order valence-electron chi connectivity index (χ2n) is 6.79. The molecule has 1 aliphatic rings. The highest BCUT2D eigenvalue weighted by Gasteiger charge is 2.24. The quantitative estimate of drug-likeness (QED) is 0.884. The summed E-state index contributed by atoms with van der Waals surface area (Å²) in [6, 6.07) is 15.4. The molecule has 1 aliphatic heterocycles. The summed E-state index contributed by atoms with van der Waals surface area (Å²) in [5, 5.41) is 5.63. The third-order valence-corrected chi connectivity index (χ3v) is 4.85. The summed E-state index contributed by atoms with van der Waals surface area (Å²) in [5.41, 5.74) is 3.69. The zero-order valence-corrected chi connectivity index (χ0v) is 15.3. The molecule has 3 rings (SSSR count). The molecule has 5 heteroatoms. The van der Waals surface area contributed by atoms with Crippen molar-refractivity contribution in [3.63, 3.8) is 0 Å². The molecule has 26 heavy (non-hydrogen) atoms. The lowest BCUT2D eigenvalue weighted by Gasteiger charge is -2.32. The van der Waals surface area contributed by atoms with Crippen LogP contribution in [0.3, 0.4) is 0 Å². The van der Waals surface area contributed by atoms with Gasteiger partial charge in [0, 0.05) is 37.3 Å². The zero-order chi connectivity index (χ0) is 18.5. The van der Waals surface area contributed by atoms with E-state index >= 15 is 0 Å².